The third kappa shape index (κ3) is 10.5. The van der Waals surface area contributed by atoms with Crippen molar-refractivity contribution >= 4 is 214 Å². The second-order valence-corrected chi connectivity index (χ2v) is 36.1. The highest BCUT2D eigenvalue weighted by Gasteiger charge is 2.30. The van der Waals surface area contributed by atoms with Crippen LogP contribution in [-0.2, 0) is 0 Å². The Kier molecular flexibility index (Phi) is 13.7. The smallest absolute Gasteiger partial charge is 0.337 e. The highest BCUT2D eigenvalue weighted by Crippen LogP contribution is 2.44. The van der Waals surface area contributed by atoms with Gasteiger partial charge >= 0.3 is 6.01 Å². The maximum Gasteiger partial charge on any atom is 0.337 e. The van der Waals surface area contributed by atoms with E-state index in [4.69, 9.17) is 61.1 Å². The van der Waals surface area contributed by atoms with Crippen molar-refractivity contribution in [3.8, 4) is 51.9 Å². The van der Waals surface area contributed by atoms with E-state index in [0.29, 0.717) is 78.9 Å². The van der Waals surface area contributed by atoms with Crippen LogP contribution in [0.3, 0.4) is 0 Å². The number of nitrogens with zero attached hydrogens (tertiary/aromatic N) is 23. The molecule has 25 nitrogen and oxygen atoms in total. The summed E-state index contributed by atoms with van der Waals surface area (Å²) in [6, 6.07) is 99.8. The van der Waals surface area contributed by atoms with Gasteiger partial charge in [0.25, 0.3) is 5.95 Å². The molecule has 0 aliphatic rings. The molecule has 0 radical (unpaired) electrons. The molecule has 16 heterocycles. The summed E-state index contributed by atoms with van der Waals surface area (Å²) in [5.41, 5.74) is 31.4. The van der Waals surface area contributed by atoms with E-state index in [0.717, 1.165) is 148 Å². The monoisotopic (exact) mass is 1790 g/mol. The molecule has 0 atom stereocenters. The molecule has 0 saturated heterocycles. The van der Waals surface area contributed by atoms with Crippen molar-refractivity contribution in [2.75, 3.05) is 0 Å². The van der Waals surface area contributed by atoms with Gasteiger partial charge < -0.3 is 8.94 Å². The zero-order valence-electron chi connectivity index (χ0n) is 80.8. The maximum atomic E-state index is 8.80. The lowest BCUT2D eigenvalue weighted by molar-refractivity contribution is 0.404. The molecule has 0 N–H and O–H groups in total. The van der Waals surface area contributed by atoms with Crippen LogP contribution >= 0.6 is 22.7 Å². The van der Waals surface area contributed by atoms with Crippen molar-refractivity contribution in [1.82, 2.24) is 109 Å². The van der Waals surface area contributed by atoms with Gasteiger partial charge in [-0.2, -0.15) is 4.98 Å². The number of hydrogen-bond acceptors (Lipinski definition) is 15. The first-order chi connectivity index (χ1) is 70.0. The molecule has 0 aliphatic carbocycles. The second-order valence-electron chi connectivity index (χ2n) is 34.1. The molecular formula is C108H71N23O2S2. The Balaban J connectivity index is 0.000000110. The molecule has 27 heteroatoms. The minimum Gasteiger partial charge on any atom is -0.416 e. The SMILES string of the molecule is Cc1cc(-n2c3ccccc3n3c4cccc(C)c4nc23)cc2c1nc1sc3ccc(-n4c5ccccc5n5c6cccc(C)c6nc45)cc3n12.Cc1cccc2c1nc1sc3c(-c4nnc(-c5ccccc5)o4)cccc3n12.[2H]C([2H])([2H])c1cccc2c1nc1n(-c3cc(C([2H])([2H])[2H])c4nc5n(-c6noc(-n7c8ccccc8n8c9cccc(C([2H])([2H])[2H])c9nc78)n6)c6ccccc6n5c4c3)c3ccccc3n21. The first-order valence-electron chi connectivity index (χ1n) is 48.4. The van der Waals surface area contributed by atoms with Crippen LogP contribution in [-0.4, -0.2) is 109 Å². The minimum absolute atomic E-state index is 0.0163. The third-order valence-corrected chi connectivity index (χ3v) is 28.5. The Morgan fingerprint density at radius 2 is 0.622 bits per heavy atom. The van der Waals surface area contributed by atoms with Crippen LogP contribution in [0.1, 0.15) is 51.3 Å². The van der Waals surface area contributed by atoms with Gasteiger partial charge in [0.15, 0.2) is 9.92 Å². The molecule has 0 aliphatic heterocycles. The molecule has 642 valence electrons. The summed E-state index contributed by atoms with van der Waals surface area (Å²) in [6.45, 7) is 1.06. The van der Waals surface area contributed by atoms with Crippen LogP contribution in [0.5, 0.6) is 0 Å². The number of thiazole rings is 2. The number of benzene rings is 15. The predicted molar refractivity (Wildman–Crippen MR) is 538 cm³/mol. The largest absolute Gasteiger partial charge is 0.416 e. The van der Waals surface area contributed by atoms with Crippen LogP contribution in [0.25, 0.3) is 244 Å². The lowest BCUT2D eigenvalue weighted by atomic mass is 10.1. The molecule has 15 aromatic carbocycles. The van der Waals surface area contributed by atoms with Crippen molar-refractivity contribution in [2.24, 2.45) is 0 Å². The zero-order valence-corrected chi connectivity index (χ0v) is 73.4. The van der Waals surface area contributed by atoms with Gasteiger partial charge in [-0.05, 0) is 250 Å². The maximum absolute atomic E-state index is 8.80. The second kappa shape index (κ2) is 27.7. The van der Waals surface area contributed by atoms with Crippen molar-refractivity contribution in [3.05, 3.63) is 342 Å². The van der Waals surface area contributed by atoms with Crippen molar-refractivity contribution in [2.45, 2.75) is 48.3 Å². The molecule has 0 spiro atoms. The predicted octanol–water partition coefficient (Wildman–Crippen LogP) is 25.1. The van der Waals surface area contributed by atoms with Gasteiger partial charge in [0, 0.05) is 17.9 Å². The van der Waals surface area contributed by atoms with Crippen molar-refractivity contribution in [3.63, 3.8) is 0 Å². The van der Waals surface area contributed by atoms with E-state index in [2.05, 4.69) is 209 Å². The average molecular weight is 1800 g/mol. The van der Waals surface area contributed by atoms with E-state index in [1.807, 2.05) is 151 Å². The number of rotatable bonds is 7. The van der Waals surface area contributed by atoms with E-state index in [1.54, 1.807) is 62.1 Å². The average Bonchev–Trinajstić information content (AvgIpc) is 1.54. The van der Waals surface area contributed by atoms with E-state index in [-0.39, 0.29) is 34.2 Å². The van der Waals surface area contributed by atoms with Gasteiger partial charge in [-0.15, -0.1) is 10.2 Å². The van der Waals surface area contributed by atoms with Gasteiger partial charge in [0.1, 0.15) is 0 Å². The summed E-state index contributed by atoms with van der Waals surface area (Å²) in [7, 11) is 0. The summed E-state index contributed by atoms with van der Waals surface area (Å²) >= 11 is 3.37. The Labute approximate surface area is 782 Å². The summed E-state index contributed by atoms with van der Waals surface area (Å²) < 4.78 is 115. The number of aromatic nitrogens is 23. The fourth-order valence-electron chi connectivity index (χ4n) is 20.5. The highest BCUT2D eigenvalue weighted by molar-refractivity contribution is 7.24. The van der Waals surface area contributed by atoms with Crippen LogP contribution < -0.4 is 0 Å². The molecule has 0 amide bonds. The lowest BCUT2D eigenvalue weighted by Crippen LogP contribution is -1.99. The fraction of sp³-hybridized carbons (Fsp3) is 0.0648. The van der Waals surface area contributed by atoms with E-state index in [9.17, 15) is 0 Å². The molecular weight excluding hydrogens is 1720 g/mol. The van der Waals surface area contributed by atoms with Gasteiger partial charge in [-0.25, -0.2) is 44.0 Å². The van der Waals surface area contributed by atoms with Crippen molar-refractivity contribution in [1.29, 1.82) is 0 Å². The summed E-state index contributed by atoms with van der Waals surface area (Å²) in [5.74, 6) is 4.04. The van der Waals surface area contributed by atoms with Crippen molar-refractivity contribution < 1.29 is 21.3 Å². The van der Waals surface area contributed by atoms with Crippen LogP contribution in [0.15, 0.2) is 312 Å². The van der Waals surface area contributed by atoms with Crippen LogP contribution in [0.4, 0.5) is 0 Å². The molecule has 16 aromatic heterocycles. The molecule has 135 heavy (non-hydrogen) atoms. The van der Waals surface area contributed by atoms with Gasteiger partial charge in [0.05, 0.1) is 175 Å². The molecule has 0 unspecified atom stereocenters. The standard InChI is InChI=1S/C44H29N11O.C42H28N8S.C22H14N4OS/c1-24-12-10-20-34-37(24)45-41-50(28-14-4-5-15-29(28)51(34)41)27-22-26(3)39-36(23-27)53-30-16-6-8-18-32(30)54(42(53)47-39)40-48-44(56-49-40)55-33-19-9-7-17-31(33)52-35-21-11-13-25(2)38(35)46-43(52)55;1-23-10-8-16-32-37(23)43-40-46(28-12-4-6-14-30(28)48(32)40)26-18-19-36-34(21-26)50-35-22-27(20-25(3)39(35)45-42(50)51-36)47-29-13-5-7-15-31(29)49-33-17-9-11-24(2)38(33)44-41(47)49;1-13-7-5-11-16-18(13)23-22-26(16)17-12-6-10-15(19(17)28-22)21-25-24-20(27-21)14-8-3-2-4-9-14/h4-23H,1-3H3;4-22H,1-3H3;2-12H,1H3/i1D3,2D3,3D3;;. The molecule has 0 fully saturated rings. The third-order valence-electron chi connectivity index (χ3n) is 26.4. The molecule has 31 rings (SSSR count). The number of aryl methyl sites for hydroxylation is 7. The van der Waals surface area contributed by atoms with E-state index >= 15 is 0 Å². The Hall–Kier alpha value is -17.7. The summed E-state index contributed by atoms with van der Waals surface area (Å²) in [6.07, 6.45) is 0. The Bertz CT molecular complexity index is 11000. The number of imidazole rings is 12. The van der Waals surface area contributed by atoms with Gasteiger partial charge in [-0.1, -0.05) is 168 Å². The molecule has 0 saturated carbocycles. The first kappa shape index (κ1) is 66.6. The fourth-order valence-corrected chi connectivity index (χ4v) is 22.6. The van der Waals surface area contributed by atoms with Crippen LogP contribution in [0, 0.1) is 48.3 Å². The summed E-state index contributed by atoms with van der Waals surface area (Å²) in [5, 5.41) is 13.0. The van der Waals surface area contributed by atoms with Gasteiger partial charge in [-0.3, -0.25) is 44.5 Å². The Morgan fingerprint density at radius 3 is 1.15 bits per heavy atom. The number of hydrogen-bond donors (Lipinski definition) is 0. The first-order valence-corrected chi connectivity index (χ1v) is 45.6. The van der Waals surface area contributed by atoms with E-state index in [1.165, 1.54) is 21.4 Å². The van der Waals surface area contributed by atoms with Gasteiger partial charge in [0.2, 0.25) is 40.7 Å². The normalized spacial score (nSPS) is 13.7. The zero-order chi connectivity index (χ0) is 96.8. The molecule has 31 aromatic rings. The topological polar surface area (TPSA) is 224 Å². The van der Waals surface area contributed by atoms with E-state index < -0.39 is 20.6 Å². The Morgan fingerprint density at radius 1 is 0.259 bits per heavy atom. The lowest BCUT2D eigenvalue weighted by Gasteiger charge is -2.09. The minimum atomic E-state index is -2.63. The summed E-state index contributed by atoms with van der Waals surface area (Å²) in [4.78, 5) is 42.2. The highest BCUT2D eigenvalue weighted by atomic mass is 32.1. The number of fused-ring (bicyclic) bond motifs is 35. The van der Waals surface area contributed by atoms with Crippen LogP contribution in [0.2, 0.25) is 0 Å². The molecule has 0 bridgehead atoms. The number of para-hydroxylation sites is 15. The quantitative estimate of drug-likeness (QED) is 0.145.